The molecule has 3 rings (SSSR count). The highest BCUT2D eigenvalue weighted by Crippen LogP contribution is 2.22. The SMILES string of the molecule is CCNC(=NCc1ccccc1CC)N1CCOC(c2cnn(C)c2)C1.I. The molecule has 1 fully saturated rings. The second-order valence-corrected chi connectivity index (χ2v) is 6.55. The van der Waals surface area contributed by atoms with E-state index in [1.54, 1.807) is 0 Å². The molecule has 1 N–H and O–H groups in total. The van der Waals surface area contributed by atoms with E-state index in [1.165, 1.54) is 11.1 Å². The van der Waals surface area contributed by atoms with Gasteiger partial charge in [0.05, 0.1) is 25.9 Å². The van der Waals surface area contributed by atoms with Crippen LogP contribution in [0.5, 0.6) is 0 Å². The van der Waals surface area contributed by atoms with Crippen LogP contribution in [-0.2, 0) is 24.8 Å². The maximum absolute atomic E-state index is 5.96. The molecule has 7 heteroatoms. The summed E-state index contributed by atoms with van der Waals surface area (Å²) in [7, 11) is 1.93. The fourth-order valence-corrected chi connectivity index (χ4v) is 3.29. The van der Waals surface area contributed by atoms with Gasteiger partial charge in [0, 0.05) is 31.9 Å². The van der Waals surface area contributed by atoms with Crippen molar-refractivity contribution in [2.75, 3.05) is 26.2 Å². The summed E-state index contributed by atoms with van der Waals surface area (Å²) in [6.45, 7) is 8.16. The summed E-state index contributed by atoms with van der Waals surface area (Å²) in [6, 6.07) is 8.54. The molecule has 1 aliphatic rings. The maximum atomic E-state index is 5.96. The highest BCUT2D eigenvalue weighted by atomic mass is 127. The van der Waals surface area contributed by atoms with Crippen LogP contribution in [-0.4, -0.2) is 46.9 Å². The van der Waals surface area contributed by atoms with Gasteiger partial charge >= 0.3 is 0 Å². The lowest BCUT2D eigenvalue weighted by Crippen LogP contribution is -2.48. The molecule has 148 valence electrons. The molecule has 0 bridgehead atoms. The predicted octanol–water partition coefficient (Wildman–Crippen LogP) is 3.14. The van der Waals surface area contributed by atoms with E-state index in [9.17, 15) is 0 Å². The zero-order chi connectivity index (χ0) is 18.4. The van der Waals surface area contributed by atoms with E-state index in [0.29, 0.717) is 13.2 Å². The number of aliphatic imine (C=N–C) groups is 1. The van der Waals surface area contributed by atoms with Gasteiger partial charge in [0.15, 0.2) is 5.96 Å². The molecule has 1 aromatic heterocycles. The van der Waals surface area contributed by atoms with Crippen molar-refractivity contribution in [1.82, 2.24) is 20.0 Å². The van der Waals surface area contributed by atoms with E-state index < -0.39 is 0 Å². The number of ether oxygens (including phenoxy) is 1. The van der Waals surface area contributed by atoms with Crippen molar-refractivity contribution in [3.8, 4) is 0 Å². The number of benzene rings is 1. The van der Waals surface area contributed by atoms with E-state index in [-0.39, 0.29) is 30.1 Å². The van der Waals surface area contributed by atoms with Crippen LogP contribution in [0.25, 0.3) is 0 Å². The molecule has 0 radical (unpaired) electrons. The Kier molecular flexibility index (Phi) is 8.56. The first kappa shape index (κ1) is 21.7. The number of guanidine groups is 1. The van der Waals surface area contributed by atoms with Crippen LogP contribution in [0.15, 0.2) is 41.7 Å². The van der Waals surface area contributed by atoms with Gasteiger partial charge in [-0.1, -0.05) is 31.2 Å². The van der Waals surface area contributed by atoms with E-state index in [1.807, 2.05) is 24.1 Å². The minimum Gasteiger partial charge on any atom is -0.370 e. The zero-order valence-corrected chi connectivity index (χ0v) is 18.7. The van der Waals surface area contributed by atoms with Crippen LogP contribution in [0, 0.1) is 0 Å². The van der Waals surface area contributed by atoms with Crippen molar-refractivity contribution in [2.24, 2.45) is 12.0 Å². The van der Waals surface area contributed by atoms with Crippen molar-refractivity contribution in [3.63, 3.8) is 0 Å². The molecule has 1 atom stereocenters. The second-order valence-electron chi connectivity index (χ2n) is 6.55. The van der Waals surface area contributed by atoms with Gasteiger partial charge in [-0.3, -0.25) is 4.68 Å². The third-order valence-corrected chi connectivity index (χ3v) is 4.70. The molecular weight excluding hydrogens is 453 g/mol. The van der Waals surface area contributed by atoms with Crippen LogP contribution in [0.1, 0.15) is 36.6 Å². The molecule has 0 saturated carbocycles. The molecule has 2 aromatic rings. The first-order valence-electron chi connectivity index (χ1n) is 9.41. The Bertz CT molecular complexity index is 745. The van der Waals surface area contributed by atoms with Crippen molar-refractivity contribution < 1.29 is 4.74 Å². The fraction of sp³-hybridized carbons (Fsp3) is 0.500. The lowest BCUT2D eigenvalue weighted by molar-refractivity contribution is -0.00805. The van der Waals surface area contributed by atoms with Gasteiger partial charge in [0.2, 0.25) is 0 Å². The fourth-order valence-electron chi connectivity index (χ4n) is 3.29. The number of halogens is 1. The molecule has 0 aliphatic carbocycles. The van der Waals surface area contributed by atoms with E-state index >= 15 is 0 Å². The minimum atomic E-state index is 0. The quantitative estimate of drug-likeness (QED) is 0.404. The summed E-state index contributed by atoms with van der Waals surface area (Å²) < 4.78 is 7.78. The molecule has 6 nitrogen and oxygen atoms in total. The van der Waals surface area contributed by atoms with Crippen LogP contribution in [0.4, 0.5) is 0 Å². The molecule has 0 amide bonds. The Morgan fingerprint density at radius 1 is 1.30 bits per heavy atom. The molecule has 0 spiro atoms. The Morgan fingerprint density at radius 3 is 2.74 bits per heavy atom. The number of morpholine rings is 1. The summed E-state index contributed by atoms with van der Waals surface area (Å²) in [6.07, 6.45) is 4.97. The normalized spacial score (nSPS) is 17.5. The average Bonchev–Trinajstić information content (AvgIpc) is 3.12. The topological polar surface area (TPSA) is 54.7 Å². The molecular formula is C20H30IN5O. The molecule has 1 aromatic carbocycles. The molecule has 1 unspecified atom stereocenters. The third kappa shape index (κ3) is 5.68. The summed E-state index contributed by atoms with van der Waals surface area (Å²) in [4.78, 5) is 7.20. The lowest BCUT2D eigenvalue weighted by atomic mass is 10.1. The van der Waals surface area contributed by atoms with Crippen molar-refractivity contribution in [1.29, 1.82) is 0 Å². The van der Waals surface area contributed by atoms with Gasteiger partial charge in [0.25, 0.3) is 0 Å². The van der Waals surface area contributed by atoms with Crippen LogP contribution >= 0.6 is 24.0 Å². The van der Waals surface area contributed by atoms with Gasteiger partial charge in [-0.15, -0.1) is 24.0 Å². The summed E-state index contributed by atoms with van der Waals surface area (Å²) in [5, 5.41) is 7.70. The van der Waals surface area contributed by atoms with Crippen LogP contribution in [0.2, 0.25) is 0 Å². The Labute approximate surface area is 179 Å². The van der Waals surface area contributed by atoms with E-state index in [0.717, 1.165) is 37.6 Å². The monoisotopic (exact) mass is 483 g/mol. The average molecular weight is 483 g/mol. The van der Waals surface area contributed by atoms with Crippen LogP contribution < -0.4 is 5.32 Å². The third-order valence-electron chi connectivity index (χ3n) is 4.70. The number of nitrogens with zero attached hydrogens (tertiary/aromatic N) is 4. The Hall–Kier alpha value is -1.61. The van der Waals surface area contributed by atoms with Gasteiger partial charge in [-0.05, 0) is 24.5 Å². The molecule has 27 heavy (non-hydrogen) atoms. The molecule has 1 saturated heterocycles. The van der Waals surface area contributed by atoms with Crippen LogP contribution in [0.3, 0.4) is 0 Å². The lowest BCUT2D eigenvalue weighted by Gasteiger charge is -2.34. The van der Waals surface area contributed by atoms with Crippen molar-refractivity contribution in [3.05, 3.63) is 53.3 Å². The Balaban J connectivity index is 0.00000261. The molecule has 1 aliphatic heterocycles. The van der Waals surface area contributed by atoms with Gasteiger partial charge in [-0.25, -0.2) is 4.99 Å². The summed E-state index contributed by atoms with van der Waals surface area (Å²) >= 11 is 0. The second kappa shape index (κ2) is 10.7. The van der Waals surface area contributed by atoms with Crippen molar-refractivity contribution in [2.45, 2.75) is 32.9 Å². The largest absolute Gasteiger partial charge is 0.370 e. The summed E-state index contributed by atoms with van der Waals surface area (Å²) in [5.74, 6) is 0.954. The van der Waals surface area contributed by atoms with Gasteiger partial charge in [0.1, 0.15) is 6.10 Å². The number of aryl methyl sites for hydroxylation is 2. The van der Waals surface area contributed by atoms with E-state index in [2.05, 4.69) is 53.4 Å². The number of nitrogens with one attached hydrogen (secondary N) is 1. The first-order valence-corrected chi connectivity index (χ1v) is 9.41. The predicted molar refractivity (Wildman–Crippen MR) is 120 cm³/mol. The first-order chi connectivity index (χ1) is 12.7. The smallest absolute Gasteiger partial charge is 0.194 e. The zero-order valence-electron chi connectivity index (χ0n) is 16.4. The van der Waals surface area contributed by atoms with Crippen molar-refractivity contribution >= 4 is 29.9 Å². The molecule has 2 heterocycles. The maximum Gasteiger partial charge on any atom is 0.194 e. The van der Waals surface area contributed by atoms with Gasteiger partial charge < -0.3 is 15.0 Å². The minimum absolute atomic E-state index is 0. The highest BCUT2D eigenvalue weighted by Gasteiger charge is 2.25. The number of aromatic nitrogens is 2. The standard InChI is InChI=1S/C20H29N5O.HI/c1-4-16-8-6-7-9-17(16)12-22-20(21-5-2)25-10-11-26-19(15-25)18-13-23-24(3)14-18;/h6-9,13-14,19H,4-5,10-12,15H2,1-3H3,(H,21,22);1H. The van der Waals surface area contributed by atoms with E-state index in [4.69, 9.17) is 9.73 Å². The number of hydrogen-bond acceptors (Lipinski definition) is 3. The number of rotatable bonds is 5. The Morgan fingerprint density at radius 2 is 2.07 bits per heavy atom. The number of hydrogen-bond donors (Lipinski definition) is 1. The highest BCUT2D eigenvalue weighted by molar-refractivity contribution is 14.0. The summed E-state index contributed by atoms with van der Waals surface area (Å²) in [5.41, 5.74) is 3.77. The van der Waals surface area contributed by atoms with Gasteiger partial charge in [-0.2, -0.15) is 5.10 Å².